The molecule has 1 N–H and O–H groups in total. The molecule has 0 bridgehead atoms. The van der Waals surface area contributed by atoms with Crippen molar-refractivity contribution in [3.63, 3.8) is 0 Å². The van der Waals surface area contributed by atoms with Crippen LogP contribution in [0.1, 0.15) is 31.2 Å². The zero-order chi connectivity index (χ0) is 22.3. The second-order valence-electron chi connectivity index (χ2n) is 7.28. The molecule has 166 valence electrons. The first-order chi connectivity index (χ1) is 14.9. The molecule has 1 aliphatic rings. The van der Waals surface area contributed by atoms with Gasteiger partial charge in [0.05, 0.1) is 24.8 Å². The number of hydrogen-bond donors (Lipinski definition) is 1. The number of sulfonamides is 1. The van der Waals surface area contributed by atoms with E-state index in [1.54, 1.807) is 25.3 Å². The maximum atomic E-state index is 13.1. The van der Waals surface area contributed by atoms with Crippen molar-refractivity contribution in [2.75, 3.05) is 32.6 Å². The molecular weight excluding hydrogens is 416 g/mol. The van der Waals surface area contributed by atoms with Crippen LogP contribution in [0, 0.1) is 0 Å². The lowest BCUT2D eigenvalue weighted by Gasteiger charge is -2.20. The van der Waals surface area contributed by atoms with Crippen LogP contribution >= 0.6 is 0 Å². The molecule has 3 rings (SSSR count). The lowest BCUT2D eigenvalue weighted by Crippen LogP contribution is -2.32. The highest BCUT2D eigenvalue weighted by atomic mass is 32.2. The molecule has 0 saturated carbocycles. The average molecular weight is 445 g/mol. The summed E-state index contributed by atoms with van der Waals surface area (Å²) in [5.74, 6) is 0.680. The third-order valence-corrected chi connectivity index (χ3v) is 7.05. The highest BCUT2D eigenvalue weighted by Gasteiger charge is 2.26. The second kappa shape index (κ2) is 10.5. The Balaban J connectivity index is 1.80. The van der Waals surface area contributed by atoms with Crippen LogP contribution in [0.25, 0.3) is 6.08 Å². The van der Waals surface area contributed by atoms with Crippen LogP contribution in [-0.4, -0.2) is 45.9 Å². The van der Waals surface area contributed by atoms with E-state index in [0.29, 0.717) is 30.3 Å². The standard InChI is InChI=1S/C23H28N2O5S/c1-29-19-9-7-8-18(16-19)10-13-23(26)24-21-17-20(11-12-22(21)30-2)31(27,28)25-14-5-3-4-6-15-25/h7-13,16-17H,3-6,14-15H2,1-2H3,(H,24,26). The molecule has 1 aliphatic heterocycles. The van der Waals surface area contributed by atoms with Crippen LogP contribution in [-0.2, 0) is 14.8 Å². The molecule has 0 atom stereocenters. The van der Waals surface area contributed by atoms with Gasteiger partial charge in [0.2, 0.25) is 15.9 Å². The molecule has 1 heterocycles. The molecule has 0 radical (unpaired) electrons. The fourth-order valence-corrected chi connectivity index (χ4v) is 5.01. The van der Waals surface area contributed by atoms with Gasteiger partial charge in [0.15, 0.2) is 0 Å². The first-order valence-corrected chi connectivity index (χ1v) is 11.7. The Hall–Kier alpha value is -2.84. The summed E-state index contributed by atoms with van der Waals surface area (Å²) in [6, 6.07) is 11.8. The minimum Gasteiger partial charge on any atom is -0.497 e. The van der Waals surface area contributed by atoms with Gasteiger partial charge in [0.25, 0.3) is 0 Å². The minimum atomic E-state index is -3.64. The van der Waals surface area contributed by atoms with Gasteiger partial charge >= 0.3 is 0 Å². The molecule has 0 spiro atoms. The van der Waals surface area contributed by atoms with Gasteiger partial charge in [-0.1, -0.05) is 25.0 Å². The predicted molar refractivity (Wildman–Crippen MR) is 121 cm³/mol. The number of benzene rings is 2. The van der Waals surface area contributed by atoms with Crippen molar-refractivity contribution in [2.45, 2.75) is 30.6 Å². The normalized spacial score (nSPS) is 15.4. The van der Waals surface area contributed by atoms with E-state index in [1.807, 2.05) is 18.2 Å². The molecule has 31 heavy (non-hydrogen) atoms. The Morgan fingerprint density at radius 1 is 1.00 bits per heavy atom. The first kappa shape index (κ1) is 22.8. The van der Waals surface area contributed by atoms with Crippen molar-refractivity contribution in [3.8, 4) is 11.5 Å². The lowest BCUT2D eigenvalue weighted by atomic mass is 10.2. The van der Waals surface area contributed by atoms with E-state index in [4.69, 9.17) is 9.47 Å². The fourth-order valence-electron chi connectivity index (χ4n) is 3.47. The molecule has 0 aliphatic carbocycles. The topological polar surface area (TPSA) is 84.9 Å². The maximum absolute atomic E-state index is 13.1. The number of nitrogens with one attached hydrogen (secondary N) is 1. The summed E-state index contributed by atoms with van der Waals surface area (Å²) >= 11 is 0. The monoisotopic (exact) mass is 444 g/mol. The Morgan fingerprint density at radius 3 is 2.42 bits per heavy atom. The minimum absolute atomic E-state index is 0.141. The first-order valence-electron chi connectivity index (χ1n) is 10.3. The Kier molecular flexibility index (Phi) is 7.70. The molecule has 0 aromatic heterocycles. The smallest absolute Gasteiger partial charge is 0.248 e. The molecule has 2 aromatic rings. The lowest BCUT2D eigenvalue weighted by molar-refractivity contribution is -0.111. The van der Waals surface area contributed by atoms with Crippen molar-refractivity contribution < 1.29 is 22.7 Å². The van der Waals surface area contributed by atoms with Gasteiger partial charge < -0.3 is 14.8 Å². The number of rotatable bonds is 7. The SMILES string of the molecule is COc1cccc(C=CC(=O)Nc2cc(S(=O)(=O)N3CCCCCC3)ccc2OC)c1. The fraction of sp³-hybridized carbons (Fsp3) is 0.348. The molecule has 1 amide bonds. The highest BCUT2D eigenvalue weighted by Crippen LogP contribution is 2.30. The molecule has 7 nitrogen and oxygen atoms in total. The zero-order valence-electron chi connectivity index (χ0n) is 17.8. The summed E-state index contributed by atoms with van der Waals surface area (Å²) in [6.45, 7) is 1.03. The average Bonchev–Trinajstić information content (AvgIpc) is 3.08. The van der Waals surface area contributed by atoms with E-state index in [9.17, 15) is 13.2 Å². The quantitative estimate of drug-likeness (QED) is 0.655. The predicted octanol–water partition coefficient (Wildman–Crippen LogP) is 3.92. The van der Waals surface area contributed by atoms with Crippen molar-refractivity contribution >= 4 is 27.7 Å². The van der Waals surface area contributed by atoms with Crippen molar-refractivity contribution in [2.24, 2.45) is 0 Å². The number of methoxy groups -OCH3 is 2. The molecule has 1 saturated heterocycles. The summed E-state index contributed by atoms with van der Waals surface area (Å²) in [7, 11) is -0.587. The third-order valence-electron chi connectivity index (χ3n) is 5.15. The number of anilines is 1. The van der Waals surface area contributed by atoms with E-state index < -0.39 is 15.9 Å². The van der Waals surface area contributed by atoms with Gasteiger partial charge in [0, 0.05) is 19.2 Å². The number of carbonyl (C=O) groups excluding carboxylic acids is 1. The Labute approximate surface area is 183 Å². The number of nitrogens with zero attached hydrogens (tertiary/aromatic N) is 1. The highest BCUT2D eigenvalue weighted by molar-refractivity contribution is 7.89. The van der Waals surface area contributed by atoms with E-state index in [1.165, 1.54) is 29.6 Å². The van der Waals surface area contributed by atoms with Crippen LogP contribution in [0.15, 0.2) is 53.4 Å². The van der Waals surface area contributed by atoms with E-state index in [0.717, 1.165) is 31.2 Å². The summed E-state index contributed by atoms with van der Waals surface area (Å²) < 4.78 is 38.2. The molecule has 1 fully saturated rings. The summed E-state index contributed by atoms with van der Waals surface area (Å²) in [4.78, 5) is 12.6. The largest absolute Gasteiger partial charge is 0.497 e. The number of carbonyl (C=O) groups is 1. The van der Waals surface area contributed by atoms with Gasteiger partial charge in [-0.15, -0.1) is 0 Å². The third kappa shape index (κ3) is 5.86. The van der Waals surface area contributed by atoms with Crippen LogP contribution in [0.3, 0.4) is 0 Å². The number of amides is 1. The van der Waals surface area contributed by atoms with Gasteiger partial charge in [-0.05, 0) is 54.8 Å². The molecule has 2 aromatic carbocycles. The van der Waals surface area contributed by atoms with Crippen molar-refractivity contribution in [1.82, 2.24) is 4.31 Å². The van der Waals surface area contributed by atoms with E-state index in [-0.39, 0.29) is 4.90 Å². The van der Waals surface area contributed by atoms with E-state index >= 15 is 0 Å². The van der Waals surface area contributed by atoms with E-state index in [2.05, 4.69) is 5.32 Å². The summed E-state index contributed by atoms with van der Waals surface area (Å²) in [5, 5.41) is 2.72. The summed E-state index contributed by atoms with van der Waals surface area (Å²) in [6.07, 6.45) is 6.82. The van der Waals surface area contributed by atoms with Crippen molar-refractivity contribution in [3.05, 3.63) is 54.1 Å². The van der Waals surface area contributed by atoms with Crippen LogP contribution in [0.4, 0.5) is 5.69 Å². The number of ether oxygens (including phenoxy) is 2. The van der Waals surface area contributed by atoms with Gasteiger partial charge in [-0.25, -0.2) is 8.42 Å². The molecule has 0 unspecified atom stereocenters. The maximum Gasteiger partial charge on any atom is 0.248 e. The van der Waals surface area contributed by atoms with Crippen LogP contribution in [0.5, 0.6) is 11.5 Å². The zero-order valence-corrected chi connectivity index (χ0v) is 18.7. The molecular formula is C23H28N2O5S. The Morgan fingerprint density at radius 2 is 1.74 bits per heavy atom. The second-order valence-corrected chi connectivity index (χ2v) is 9.22. The van der Waals surface area contributed by atoms with Crippen molar-refractivity contribution in [1.29, 1.82) is 0 Å². The van der Waals surface area contributed by atoms with Gasteiger partial charge in [0.1, 0.15) is 11.5 Å². The van der Waals surface area contributed by atoms with Gasteiger partial charge in [-0.3, -0.25) is 4.79 Å². The molecule has 8 heteroatoms. The van der Waals surface area contributed by atoms with Crippen LogP contribution in [0.2, 0.25) is 0 Å². The van der Waals surface area contributed by atoms with Crippen LogP contribution < -0.4 is 14.8 Å². The summed E-state index contributed by atoms with van der Waals surface area (Å²) in [5.41, 5.74) is 1.11. The Bertz CT molecular complexity index is 1040. The number of hydrogen-bond acceptors (Lipinski definition) is 5. The van der Waals surface area contributed by atoms with Gasteiger partial charge in [-0.2, -0.15) is 4.31 Å².